The van der Waals surface area contributed by atoms with Gasteiger partial charge in [0, 0.05) is 17.9 Å². The highest BCUT2D eigenvalue weighted by atomic mass is 32.2. The van der Waals surface area contributed by atoms with Crippen molar-refractivity contribution in [1.82, 2.24) is 0 Å². The van der Waals surface area contributed by atoms with Crippen molar-refractivity contribution in [3.63, 3.8) is 0 Å². The minimum atomic E-state index is -3.77. The molecule has 0 atom stereocenters. The molecule has 0 saturated heterocycles. The van der Waals surface area contributed by atoms with Crippen LogP contribution in [0.2, 0.25) is 0 Å². The Labute approximate surface area is 186 Å². The highest BCUT2D eigenvalue weighted by Gasteiger charge is 2.25. The Hall–Kier alpha value is -2.84. The Kier molecular flexibility index (Phi) is 5.77. The normalized spacial score (nSPS) is 13.6. The first-order valence-electron chi connectivity index (χ1n) is 9.96. The predicted molar refractivity (Wildman–Crippen MR) is 124 cm³/mol. The van der Waals surface area contributed by atoms with E-state index < -0.39 is 10.0 Å². The number of benzene rings is 2. The van der Waals surface area contributed by atoms with Crippen molar-refractivity contribution in [2.24, 2.45) is 0 Å². The molecule has 1 aliphatic rings. The lowest BCUT2D eigenvalue weighted by molar-refractivity contribution is 0.0989. The van der Waals surface area contributed by atoms with Gasteiger partial charge in [0.1, 0.15) is 5.75 Å². The summed E-state index contributed by atoms with van der Waals surface area (Å²) in [6.07, 6.45) is 1.62. The molecule has 1 N–H and O–H groups in total. The third-order valence-corrected chi connectivity index (χ3v) is 7.79. The number of aryl methyl sites for hydroxylation is 3. The summed E-state index contributed by atoms with van der Waals surface area (Å²) in [4.78, 5) is 15.6. The molecule has 0 saturated carbocycles. The van der Waals surface area contributed by atoms with E-state index in [9.17, 15) is 13.2 Å². The number of sulfonamides is 1. The van der Waals surface area contributed by atoms with E-state index in [0.717, 1.165) is 29.7 Å². The zero-order valence-corrected chi connectivity index (χ0v) is 19.3. The molecule has 0 spiro atoms. The van der Waals surface area contributed by atoms with Crippen molar-refractivity contribution in [3.8, 4) is 5.75 Å². The summed E-state index contributed by atoms with van der Waals surface area (Å²) in [5.74, 6) is 0.634. The average Bonchev–Trinajstić information content (AvgIpc) is 3.28. The molecule has 1 amide bonds. The van der Waals surface area contributed by atoms with Crippen LogP contribution in [0.4, 0.5) is 11.4 Å². The maximum atomic E-state index is 13.1. The number of nitrogens with one attached hydrogen (secondary N) is 1. The van der Waals surface area contributed by atoms with E-state index in [0.29, 0.717) is 28.4 Å². The van der Waals surface area contributed by atoms with Gasteiger partial charge in [-0.1, -0.05) is 6.07 Å². The monoisotopic (exact) mass is 456 g/mol. The molecular formula is C23H24N2O4S2. The summed E-state index contributed by atoms with van der Waals surface area (Å²) >= 11 is 1.42. The molecule has 1 aliphatic heterocycles. The predicted octanol–water partition coefficient (Wildman–Crippen LogP) is 4.77. The van der Waals surface area contributed by atoms with Crippen LogP contribution in [-0.2, 0) is 16.4 Å². The summed E-state index contributed by atoms with van der Waals surface area (Å²) in [6.45, 7) is 4.21. The van der Waals surface area contributed by atoms with E-state index in [2.05, 4.69) is 4.72 Å². The minimum absolute atomic E-state index is 0.0198. The van der Waals surface area contributed by atoms with Gasteiger partial charge in [0.05, 0.1) is 16.9 Å². The third-order valence-electron chi connectivity index (χ3n) is 5.41. The first-order chi connectivity index (χ1) is 14.8. The van der Waals surface area contributed by atoms with Crippen LogP contribution in [0.15, 0.2) is 52.7 Å². The van der Waals surface area contributed by atoms with Crippen LogP contribution in [0.25, 0.3) is 0 Å². The minimum Gasteiger partial charge on any atom is -0.496 e. The third kappa shape index (κ3) is 4.18. The van der Waals surface area contributed by atoms with E-state index >= 15 is 0 Å². The Balaban J connectivity index is 1.62. The molecule has 162 valence electrons. The number of amides is 1. The van der Waals surface area contributed by atoms with Gasteiger partial charge >= 0.3 is 0 Å². The van der Waals surface area contributed by atoms with Crippen molar-refractivity contribution in [2.75, 3.05) is 23.3 Å². The highest BCUT2D eigenvalue weighted by molar-refractivity contribution is 7.92. The van der Waals surface area contributed by atoms with Crippen LogP contribution in [0.1, 0.15) is 32.8 Å². The van der Waals surface area contributed by atoms with Crippen molar-refractivity contribution in [1.29, 1.82) is 0 Å². The molecule has 8 heteroatoms. The average molecular weight is 457 g/mol. The Bertz CT molecular complexity index is 1230. The Morgan fingerprint density at radius 3 is 2.65 bits per heavy atom. The number of anilines is 2. The van der Waals surface area contributed by atoms with Gasteiger partial charge in [-0.05, 0) is 85.2 Å². The van der Waals surface area contributed by atoms with E-state index in [1.165, 1.54) is 11.3 Å². The fourth-order valence-electron chi connectivity index (χ4n) is 3.89. The second-order valence-corrected chi connectivity index (χ2v) is 10.2. The number of hydrogen-bond acceptors (Lipinski definition) is 5. The molecule has 0 bridgehead atoms. The Morgan fingerprint density at radius 1 is 1.13 bits per heavy atom. The summed E-state index contributed by atoms with van der Waals surface area (Å²) < 4.78 is 34.1. The lowest BCUT2D eigenvalue weighted by Gasteiger charge is -2.29. The zero-order chi connectivity index (χ0) is 22.2. The van der Waals surface area contributed by atoms with Gasteiger partial charge in [-0.15, -0.1) is 11.3 Å². The second-order valence-electron chi connectivity index (χ2n) is 7.57. The van der Waals surface area contributed by atoms with Crippen LogP contribution in [0.3, 0.4) is 0 Å². The highest BCUT2D eigenvalue weighted by Crippen LogP contribution is 2.33. The number of rotatable bonds is 5. The number of fused-ring (bicyclic) bond motifs is 1. The molecule has 0 unspecified atom stereocenters. The van der Waals surface area contributed by atoms with Gasteiger partial charge in [0.2, 0.25) is 0 Å². The largest absolute Gasteiger partial charge is 0.496 e. The maximum absolute atomic E-state index is 13.1. The van der Waals surface area contributed by atoms with Crippen LogP contribution < -0.4 is 14.4 Å². The molecule has 1 aromatic heterocycles. The number of carbonyl (C=O) groups is 1. The van der Waals surface area contributed by atoms with Crippen molar-refractivity contribution < 1.29 is 17.9 Å². The first kappa shape index (κ1) is 21.4. The van der Waals surface area contributed by atoms with E-state index in [-0.39, 0.29) is 10.8 Å². The van der Waals surface area contributed by atoms with Gasteiger partial charge in [0.15, 0.2) is 0 Å². The summed E-state index contributed by atoms with van der Waals surface area (Å²) in [5, 5.41) is 1.89. The number of carbonyl (C=O) groups excluding carboxylic acids is 1. The Morgan fingerprint density at radius 2 is 1.94 bits per heavy atom. The molecule has 6 nitrogen and oxygen atoms in total. The second kappa shape index (κ2) is 8.36. The van der Waals surface area contributed by atoms with E-state index in [4.69, 9.17) is 4.74 Å². The standard InChI is InChI=1S/C23H24N2O4S2/c1-15-13-22(16(2)12-20(15)29-3)31(27,28)24-18-8-9-19-17(14-18)6-4-10-25(19)23(26)21-7-5-11-30-21/h5,7-9,11-14,24H,4,6,10H2,1-3H3. The molecule has 0 aliphatic carbocycles. The topological polar surface area (TPSA) is 75.7 Å². The number of ether oxygens (including phenoxy) is 1. The van der Waals surface area contributed by atoms with Gasteiger partial charge < -0.3 is 9.64 Å². The molecule has 2 aromatic carbocycles. The van der Waals surface area contributed by atoms with Crippen molar-refractivity contribution in [2.45, 2.75) is 31.6 Å². The maximum Gasteiger partial charge on any atom is 0.268 e. The lowest BCUT2D eigenvalue weighted by atomic mass is 10.0. The van der Waals surface area contributed by atoms with Crippen LogP contribution >= 0.6 is 11.3 Å². The number of methoxy groups -OCH3 is 1. The number of hydrogen-bond donors (Lipinski definition) is 1. The van der Waals surface area contributed by atoms with Crippen LogP contribution in [-0.4, -0.2) is 28.0 Å². The lowest BCUT2D eigenvalue weighted by Crippen LogP contribution is -2.35. The quantitative estimate of drug-likeness (QED) is 0.600. The molecule has 0 radical (unpaired) electrons. The molecule has 4 rings (SSSR count). The van der Waals surface area contributed by atoms with Crippen LogP contribution in [0.5, 0.6) is 5.75 Å². The summed E-state index contributed by atoms with van der Waals surface area (Å²) in [5.41, 5.74) is 3.64. The van der Waals surface area contributed by atoms with Crippen LogP contribution in [0, 0.1) is 13.8 Å². The van der Waals surface area contributed by atoms with E-state index in [1.54, 1.807) is 37.1 Å². The van der Waals surface area contributed by atoms with Gasteiger partial charge in [0.25, 0.3) is 15.9 Å². The fourth-order valence-corrected chi connectivity index (χ4v) is 5.92. The number of thiophene rings is 1. The molecule has 31 heavy (non-hydrogen) atoms. The van der Waals surface area contributed by atoms with E-state index in [1.807, 2.05) is 36.6 Å². The van der Waals surface area contributed by atoms with Gasteiger partial charge in [-0.2, -0.15) is 0 Å². The molecule has 2 heterocycles. The molecular weight excluding hydrogens is 432 g/mol. The van der Waals surface area contributed by atoms with Gasteiger partial charge in [-0.25, -0.2) is 8.42 Å². The molecule has 0 fully saturated rings. The van der Waals surface area contributed by atoms with Gasteiger partial charge in [-0.3, -0.25) is 9.52 Å². The van der Waals surface area contributed by atoms with Crippen molar-refractivity contribution >= 4 is 38.6 Å². The smallest absolute Gasteiger partial charge is 0.268 e. The SMILES string of the molecule is COc1cc(C)c(S(=O)(=O)Nc2ccc3c(c2)CCCN3C(=O)c2cccs2)cc1C. The molecule has 3 aromatic rings. The van der Waals surface area contributed by atoms with Crippen molar-refractivity contribution in [3.05, 3.63) is 69.4 Å². The fraction of sp³-hybridized carbons (Fsp3) is 0.261. The number of nitrogens with zero attached hydrogens (tertiary/aromatic N) is 1. The summed E-state index contributed by atoms with van der Waals surface area (Å²) in [7, 11) is -2.20. The summed E-state index contributed by atoms with van der Waals surface area (Å²) in [6, 6.07) is 12.4. The zero-order valence-electron chi connectivity index (χ0n) is 17.6. The first-order valence-corrected chi connectivity index (χ1v) is 12.3.